The van der Waals surface area contributed by atoms with Gasteiger partial charge in [-0.05, 0) is 25.3 Å². The van der Waals surface area contributed by atoms with Crippen LogP contribution in [0.3, 0.4) is 0 Å². The van der Waals surface area contributed by atoms with Gasteiger partial charge in [-0.1, -0.05) is 30.3 Å². The fraction of sp³-hybridized carbons (Fsp3) is 0.462. The molecule has 5 heteroatoms. The lowest BCUT2D eigenvalue weighted by Crippen LogP contribution is -2.39. The summed E-state index contributed by atoms with van der Waals surface area (Å²) >= 11 is 0. The van der Waals surface area contributed by atoms with Crippen LogP contribution in [-0.2, 0) is 20.4 Å². The highest BCUT2D eigenvalue weighted by Gasteiger charge is 2.32. The minimum absolute atomic E-state index is 0.0902. The van der Waals surface area contributed by atoms with Crippen molar-refractivity contribution < 1.29 is 13.2 Å². The predicted octanol–water partition coefficient (Wildman–Crippen LogP) is 1.27. The Balaban J connectivity index is 2.03. The van der Waals surface area contributed by atoms with Crippen LogP contribution in [0.1, 0.15) is 25.3 Å². The van der Waals surface area contributed by atoms with Crippen LogP contribution in [0.2, 0.25) is 0 Å². The van der Waals surface area contributed by atoms with E-state index in [4.69, 9.17) is 0 Å². The van der Waals surface area contributed by atoms with Gasteiger partial charge >= 0.3 is 0 Å². The van der Waals surface area contributed by atoms with Crippen molar-refractivity contribution in [3.8, 4) is 0 Å². The summed E-state index contributed by atoms with van der Waals surface area (Å²) in [7, 11) is -3.44. The van der Waals surface area contributed by atoms with Crippen molar-refractivity contribution in [3.05, 3.63) is 35.9 Å². The highest BCUT2D eigenvalue weighted by Crippen LogP contribution is 2.20. The van der Waals surface area contributed by atoms with Crippen molar-refractivity contribution >= 4 is 15.7 Å². The zero-order valence-electron chi connectivity index (χ0n) is 10.3. The summed E-state index contributed by atoms with van der Waals surface area (Å²) in [5.41, 5.74) is 0.712. The Hall–Kier alpha value is -1.36. The summed E-state index contributed by atoms with van der Waals surface area (Å²) in [6.45, 7) is 1.45. The zero-order valence-corrected chi connectivity index (χ0v) is 11.1. The summed E-state index contributed by atoms with van der Waals surface area (Å²) in [6.07, 6.45) is 1.91. The van der Waals surface area contributed by atoms with Gasteiger partial charge in [0.2, 0.25) is 5.91 Å². The second-order valence-electron chi connectivity index (χ2n) is 4.72. The number of benzene rings is 1. The number of carbonyl (C=O) groups is 1. The molecular weight excluding hydrogens is 250 g/mol. The minimum Gasteiger partial charge on any atom is -0.352 e. The molecule has 1 amide bonds. The van der Waals surface area contributed by atoms with E-state index in [1.807, 2.05) is 6.07 Å². The average molecular weight is 267 g/mol. The van der Waals surface area contributed by atoms with Crippen LogP contribution in [0.4, 0.5) is 0 Å². The summed E-state index contributed by atoms with van der Waals surface area (Å²) in [5, 5.41) is 1.74. The quantitative estimate of drug-likeness (QED) is 0.873. The minimum atomic E-state index is -3.44. The zero-order chi connectivity index (χ0) is 13.2. The molecule has 1 aromatic rings. The molecule has 2 rings (SSSR count). The first-order valence-corrected chi connectivity index (χ1v) is 7.76. The van der Waals surface area contributed by atoms with Crippen molar-refractivity contribution in [2.45, 2.75) is 36.8 Å². The van der Waals surface area contributed by atoms with E-state index in [9.17, 15) is 13.2 Å². The number of amides is 1. The largest absolute Gasteiger partial charge is 0.352 e. The first-order chi connectivity index (χ1) is 8.49. The molecule has 1 aliphatic rings. The molecule has 1 saturated carbocycles. The van der Waals surface area contributed by atoms with Gasteiger partial charge in [0.15, 0.2) is 9.84 Å². The van der Waals surface area contributed by atoms with Crippen molar-refractivity contribution in [3.63, 3.8) is 0 Å². The van der Waals surface area contributed by atoms with Gasteiger partial charge in [0.05, 0.1) is 5.75 Å². The standard InChI is InChI=1S/C13H17NO3S/c1-10(13(15)14-12-7-8-12)18(16,17)9-11-5-3-2-4-6-11/h2-6,10,12H,7-9H2,1H3,(H,14,15)/t10-/m1/s1. The maximum atomic E-state index is 12.1. The lowest BCUT2D eigenvalue weighted by molar-refractivity contribution is -0.120. The first kappa shape index (κ1) is 13.1. The van der Waals surface area contributed by atoms with Crippen LogP contribution in [0.25, 0.3) is 0 Å². The first-order valence-electron chi connectivity index (χ1n) is 6.05. The predicted molar refractivity (Wildman–Crippen MR) is 69.7 cm³/mol. The Bertz CT molecular complexity index is 520. The Labute approximate surface area is 107 Å². The summed E-state index contributed by atoms with van der Waals surface area (Å²) in [5.74, 6) is -0.471. The molecule has 1 N–H and O–H groups in total. The van der Waals surface area contributed by atoms with Crippen molar-refractivity contribution in [1.82, 2.24) is 5.32 Å². The fourth-order valence-corrected chi connectivity index (χ4v) is 2.94. The van der Waals surface area contributed by atoms with E-state index in [0.717, 1.165) is 12.8 Å². The number of nitrogens with one attached hydrogen (secondary N) is 1. The maximum absolute atomic E-state index is 12.1. The van der Waals surface area contributed by atoms with Gasteiger partial charge in [-0.2, -0.15) is 0 Å². The van der Waals surface area contributed by atoms with Crippen LogP contribution >= 0.6 is 0 Å². The second kappa shape index (κ2) is 5.10. The normalized spacial score (nSPS) is 17.2. The summed E-state index contributed by atoms with van der Waals surface area (Å²) in [4.78, 5) is 11.7. The third-order valence-electron chi connectivity index (χ3n) is 3.04. The lowest BCUT2D eigenvalue weighted by atomic mass is 10.2. The molecule has 4 nitrogen and oxygen atoms in total. The molecule has 18 heavy (non-hydrogen) atoms. The number of rotatable bonds is 5. The van der Waals surface area contributed by atoms with Crippen molar-refractivity contribution in [2.75, 3.05) is 0 Å². The highest BCUT2D eigenvalue weighted by molar-refractivity contribution is 7.92. The average Bonchev–Trinajstić information content (AvgIpc) is 3.12. The van der Waals surface area contributed by atoms with E-state index >= 15 is 0 Å². The highest BCUT2D eigenvalue weighted by atomic mass is 32.2. The SMILES string of the molecule is C[C@H](C(=O)NC1CC1)S(=O)(=O)Cc1ccccc1. The maximum Gasteiger partial charge on any atom is 0.238 e. The van der Waals surface area contributed by atoms with Gasteiger partial charge in [-0.25, -0.2) is 8.42 Å². The van der Waals surface area contributed by atoms with E-state index in [0.29, 0.717) is 5.56 Å². The topological polar surface area (TPSA) is 63.2 Å². The second-order valence-corrected chi connectivity index (χ2v) is 7.04. The van der Waals surface area contributed by atoms with Crippen LogP contribution in [0, 0.1) is 0 Å². The van der Waals surface area contributed by atoms with Crippen LogP contribution in [0.5, 0.6) is 0 Å². The monoisotopic (exact) mass is 267 g/mol. The molecule has 0 heterocycles. The van der Waals surface area contributed by atoms with Crippen LogP contribution in [0.15, 0.2) is 30.3 Å². The Morgan fingerprint density at radius 3 is 2.50 bits per heavy atom. The number of hydrogen-bond acceptors (Lipinski definition) is 3. The third-order valence-corrected chi connectivity index (χ3v) is 5.07. The Morgan fingerprint density at radius 2 is 1.94 bits per heavy atom. The van der Waals surface area contributed by atoms with Gasteiger partial charge in [0, 0.05) is 6.04 Å². The lowest BCUT2D eigenvalue weighted by Gasteiger charge is -2.13. The molecule has 1 aromatic carbocycles. The Morgan fingerprint density at radius 1 is 1.33 bits per heavy atom. The molecule has 0 unspecified atom stereocenters. The summed E-state index contributed by atoms with van der Waals surface area (Å²) in [6, 6.07) is 9.11. The van der Waals surface area contributed by atoms with E-state index in [-0.39, 0.29) is 17.7 Å². The van der Waals surface area contributed by atoms with Crippen molar-refractivity contribution in [1.29, 1.82) is 0 Å². The molecule has 0 radical (unpaired) electrons. The van der Waals surface area contributed by atoms with Crippen LogP contribution in [-0.4, -0.2) is 25.6 Å². The van der Waals surface area contributed by atoms with Gasteiger partial charge < -0.3 is 5.32 Å². The van der Waals surface area contributed by atoms with Gasteiger partial charge in [0.1, 0.15) is 5.25 Å². The van der Waals surface area contributed by atoms with E-state index in [2.05, 4.69) is 5.32 Å². The van der Waals surface area contributed by atoms with Gasteiger partial charge in [0.25, 0.3) is 0 Å². The molecule has 98 valence electrons. The fourth-order valence-electron chi connectivity index (χ4n) is 1.64. The molecule has 0 aliphatic heterocycles. The molecule has 1 atom stereocenters. The van der Waals surface area contributed by atoms with Crippen molar-refractivity contribution in [2.24, 2.45) is 0 Å². The van der Waals surface area contributed by atoms with Gasteiger partial charge in [-0.15, -0.1) is 0 Å². The van der Waals surface area contributed by atoms with E-state index in [1.165, 1.54) is 6.92 Å². The van der Waals surface area contributed by atoms with E-state index in [1.54, 1.807) is 24.3 Å². The molecule has 0 spiro atoms. The summed E-state index contributed by atoms with van der Waals surface area (Å²) < 4.78 is 24.2. The molecule has 0 aromatic heterocycles. The molecule has 1 aliphatic carbocycles. The smallest absolute Gasteiger partial charge is 0.238 e. The third kappa shape index (κ3) is 3.32. The Kier molecular flexibility index (Phi) is 3.71. The number of hydrogen-bond donors (Lipinski definition) is 1. The van der Waals surface area contributed by atoms with Gasteiger partial charge in [-0.3, -0.25) is 4.79 Å². The van der Waals surface area contributed by atoms with Crippen LogP contribution < -0.4 is 5.32 Å². The molecule has 0 saturated heterocycles. The molecule has 0 bridgehead atoms. The van der Waals surface area contributed by atoms with E-state index < -0.39 is 15.1 Å². The number of carbonyl (C=O) groups excluding carboxylic acids is 1. The molecule has 1 fully saturated rings. The number of sulfone groups is 1. The molecular formula is C13H17NO3S.